The number of piperidine rings is 1. The molecule has 27 heavy (non-hydrogen) atoms. The van der Waals surface area contributed by atoms with Crippen LogP contribution in [0.15, 0.2) is 59.5 Å². The molecular formula is C20H24N2O4S. The Labute approximate surface area is 160 Å². The lowest BCUT2D eigenvalue weighted by Crippen LogP contribution is -2.45. The van der Waals surface area contributed by atoms with Crippen LogP contribution in [0.3, 0.4) is 0 Å². The van der Waals surface area contributed by atoms with Crippen LogP contribution in [-0.4, -0.2) is 38.8 Å². The van der Waals surface area contributed by atoms with Crippen LogP contribution in [0.25, 0.3) is 0 Å². The third-order valence-corrected chi connectivity index (χ3v) is 6.64. The van der Waals surface area contributed by atoms with Crippen LogP contribution < -0.4 is 10.1 Å². The monoisotopic (exact) mass is 388 g/mol. The van der Waals surface area contributed by atoms with E-state index in [4.69, 9.17) is 4.74 Å². The highest BCUT2D eigenvalue weighted by atomic mass is 32.2. The van der Waals surface area contributed by atoms with Crippen molar-refractivity contribution < 1.29 is 17.9 Å². The van der Waals surface area contributed by atoms with E-state index in [1.165, 1.54) is 23.5 Å². The van der Waals surface area contributed by atoms with Gasteiger partial charge < -0.3 is 10.1 Å². The van der Waals surface area contributed by atoms with Gasteiger partial charge in [-0.2, -0.15) is 4.31 Å². The quantitative estimate of drug-likeness (QED) is 0.825. The summed E-state index contributed by atoms with van der Waals surface area (Å²) in [5.74, 6) is 0.162. The van der Waals surface area contributed by atoms with Crippen molar-refractivity contribution >= 4 is 15.9 Å². The van der Waals surface area contributed by atoms with Crippen molar-refractivity contribution in [3.05, 3.63) is 60.2 Å². The van der Waals surface area contributed by atoms with E-state index in [0.29, 0.717) is 31.7 Å². The van der Waals surface area contributed by atoms with Gasteiger partial charge in [0.05, 0.1) is 17.9 Å². The fraction of sp³-hybridized carbons (Fsp3) is 0.350. The number of amides is 1. The molecule has 0 spiro atoms. The first-order chi connectivity index (χ1) is 13.0. The molecule has 3 rings (SSSR count). The molecule has 2 aromatic rings. The standard InChI is InChI=1S/C20H24N2O4S/c1-26-18-9-11-19(12-10-18)27(24,25)22-13-5-8-17(15-22)20(23)21-14-16-6-3-2-4-7-16/h2-4,6-7,9-12,17H,5,8,13-15H2,1H3,(H,21,23)/t17-/m0/s1. The molecule has 144 valence electrons. The van der Waals surface area contributed by atoms with Gasteiger partial charge in [0.1, 0.15) is 5.75 Å². The maximum absolute atomic E-state index is 12.9. The number of sulfonamides is 1. The first-order valence-corrected chi connectivity index (χ1v) is 10.4. The fourth-order valence-corrected chi connectivity index (χ4v) is 4.72. The number of hydrogen-bond acceptors (Lipinski definition) is 4. The Hall–Kier alpha value is -2.38. The van der Waals surface area contributed by atoms with Crippen molar-refractivity contribution in [2.75, 3.05) is 20.2 Å². The van der Waals surface area contributed by atoms with Crippen LogP contribution in [0.1, 0.15) is 18.4 Å². The van der Waals surface area contributed by atoms with Crippen LogP contribution in [0.5, 0.6) is 5.75 Å². The van der Waals surface area contributed by atoms with E-state index in [1.54, 1.807) is 12.1 Å². The van der Waals surface area contributed by atoms with E-state index in [9.17, 15) is 13.2 Å². The molecule has 1 fully saturated rings. The number of ether oxygens (including phenoxy) is 1. The van der Waals surface area contributed by atoms with E-state index in [2.05, 4.69) is 5.32 Å². The third kappa shape index (κ3) is 4.67. The fourth-order valence-electron chi connectivity index (χ4n) is 3.20. The molecule has 0 unspecified atom stereocenters. The first kappa shape index (κ1) is 19.4. The van der Waals surface area contributed by atoms with Crippen LogP contribution in [0.2, 0.25) is 0 Å². The lowest BCUT2D eigenvalue weighted by molar-refractivity contribution is -0.126. The highest BCUT2D eigenvalue weighted by Crippen LogP contribution is 2.25. The van der Waals surface area contributed by atoms with E-state index >= 15 is 0 Å². The van der Waals surface area contributed by atoms with Crippen LogP contribution in [0, 0.1) is 5.92 Å². The van der Waals surface area contributed by atoms with Gasteiger partial charge in [0.15, 0.2) is 0 Å². The second-order valence-corrected chi connectivity index (χ2v) is 8.52. The van der Waals surface area contributed by atoms with Crippen LogP contribution >= 0.6 is 0 Å². The van der Waals surface area contributed by atoms with Gasteiger partial charge in [-0.05, 0) is 42.7 Å². The zero-order valence-electron chi connectivity index (χ0n) is 15.3. The lowest BCUT2D eigenvalue weighted by atomic mass is 9.99. The molecule has 0 aliphatic carbocycles. The summed E-state index contributed by atoms with van der Waals surface area (Å²) in [4.78, 5) is 12.7. The zero-order chi connectivity index (χ0) is 19.3. The number of nitrogens with zero attached hydrogens (tertiary/aromatic N) is 1. The third-order valence-electron chi connectivity index (χ3n) is 4.76. The van der Waals surface area contributed by atoms with Crippen molar-refractivity contribution in [2.45, 2.75) is 24.3 Å². The highest BCUT2D eigenvalue weighted by Gasteiger charge is 2.33. The second-order valence-electron chi connectivity index (χ2n) is 6.58. The summed E-state index contributed by atoms with van der Waals surface area (Å²) in [7, 11) is -2.09. The average Bonchev–Trinajstić information content (AvgIpc) is 2.73. The minimum Gasteiger partial charge on any atom is -0.497 e. The molecular weight excluding hydrogens is 364 g/mol. The number of benzene rings is 2. The SMILES string of the molecule is COc1ccc(S(=O)(=O)N2CCC[C@H](C(=O)NCc3ccccc3)C2)cc1. The Kier molecular flexibility index (Phi) is 6.13. The maximum Gasteiger partial charge on any atom is 0.243 e. The molecule has 1 aliphatic heterocycles. The Morgan fingerprint density at radius 2 is 1.85 bits per heavy atom. The minimum atomic E-state index is -3.62. The van der Waals surface area contributed by atoms with Crippen LogP contribution in [-0.2, 0) is 21.4 Å². The molecule has 6 nitrogen and oxygen atoms in total. The van der Waals surface area contributed by atoms with Crippen molar-refractivity contribution in [3.8, 4) is 5.75 Å². The number of carbonyl (C=O) groups excluding carboxylic acids is 1. The Bertz CT molecular complexity index is 867. The van der Waals surface area contributed by atoms with Crippen molar-refractivity contribution in [1.29, 1.82) is 0 Å². The van der Waals surface area contributed by atoms with E-state index < -0.39 is 10.0 Å². The smallest absolute Gasteiger partial charge is 0.243 e. The van der Waals surface area contributed by atoms with E-state index in [0.717, 1.165) is 5.56 Å². The number of nitrogens with one attached hydrogen (secondary N) is 1. The summed E-state index contributed by atoms with van der Waals surface area (Å²) in [6, 6.07) is 16.0. The predicted octanol–water partition coefficient (Wildman–Crippen LogP) is 2.41. The Balaban J connectivity index is 1.64. The zero-order valence-corrected chi connectivity index (χ0v) is 16.1. The first-order valence-electron chi connectivity index (χ1n) is 8.96. The molecule has 0 radical (unpaired) electrons. The molecule has 0 bridgehead atoms. The normalized spacial score (nSPS) is 18.0. The second kappa shape index (κ2) is 8.54. The summed E-state index contributed by atoms with van der Waals surface area (Å²) in [6.45, 7) is 1.08. The number of carbonyl (C=O) groups is 1. The topological polar surface area (TPSA) is 75.7 Å². The van der Waals surface area contributed by atoms with Gasteiger partial charge in [0, 0.05) is 19.6 Å². The summed E-state index contributed by atoms with van der Waals surface area (Å²) < 4.78 is 32.3. The number of rotatable bonds is 6. The van der Waals surface area contributed by atoms with Crippen molar-refractivity contribution in [3.63, 3.8) is 0 Å². The molecule has 1 atom stereocenters. The Morgan fingerprint density at radius 3 is 2.52 bits per heavy atom. The van der Waals surface area contributed by atoms with Gasteiger partial charge in [0.25, 0.3) is 0 Å². The highest BCUT2D eigenvalue weighted by molar-refractivity contribution is 7.89. The molecule has 0 saturated carbocycles. The molecule has 1 saturated heterocycles. The predicted molar refractivity (Wildman–Crippen MR) is 103 cm³/mol. The lowest BCUT2D eigenvalue weighted by Gasteiger charge is -2.31. The summed E-state index contributed by atoms with van der Waals surface area (Å²) >= 11 is 0. The van der Waals surface area contributed by atoms with Gasteiger partial charge in [-0.25, -0.2) is 8.42 Å². The summed E-state index contributed by atoms with van der Waals surface area (Å²) in [5.41, 5.74) is 1.02. The molecule has 2 aromatic carbocycles. The average molecular weight is 388 g/mol. The molecule has 1 aliphatic rings. The van der Waals surface area contributed by atoms with Crippen LogP contribution in [0.4, 0.5) is 0 Å². The van der Waals surface area contributed by atoms with Gasteiger partial charge in [-0.3, -0.25) is 4.79 Å². The molecule has 7 heteroatoms. The van der Waals surface area contributed by atoms with E-state index in [-0.39, 0.29) is 23.3 Å². The van der Waals surface area contributed by atoms with E-state index in [1.807, 2.05) is 30.3 Å². The number of hydrogen-bond donors (Lipinski definition) is 1. The van der Waals surface area contributed by atoms with Gasteiger partial charge in [0.2, 0.25) is 15.9 Å². The molecule has 1 N–H and O–H groups in total. The maximum atomic E-state index is 12.9. The molecule has 1 amide bonds. The largest absolute Gasteiger partial charge is 0.497 e. The summed E-state index contributed by atoms with van der Waals surface area (Å²) in [6.07, 6.45) is 1.36. The molecule has 0 aromatic heterocycles. The van der Waals surface area contributed by atoms with Gasteiger partial charge >= 0.3 is 0 Å². The number of methoxy groups -OCH3 is 1. The summed E-state index contributed by atoms with van der Waals surface area (Å²) in [5, 5.41) is 2.92. The van der Waals surface area contributed by atoms with Gasteiger partial charge in [-0.15, -0.1) is 0 Å². The van der Waals surface area contributed by atoms with Gasteiger partial charge in [-0.1, -0.05) is 30.3 Å². The Morgan fingerprint density at radius 1 is 1.15 bits per heavy atom. The molecule has 1 heterocycles. The van der Waals surface area contributed by atoms with Crippen molar-refractivity contribution in [2.24, 2.45) is 5.92 Å². The minimum absolute atomic E-state index is 0.103. The van der Waals surface area contributed by atoms with Crippen molar-refractivity contribution in [1.82, 2.24) is 9.62 Å².